The molecule has 2 aromatic rings. The molecule has 0 saturated heterocycles. The lowest BCUT2D eigenvalue weighted by Gasteiger charge is -2.11. The van der Waals surface area contributed by atoms with Crippen LogP contribution in [0.25, 0.3) is 11.0 Å². The Kier molecular flexibility index (Phi) is 3.34. The molecule has 96 valence electrons. The quantitative estimate of drug-likeness (QED) is 0.863. The lowest BCUT2D eigenvalue weighted by molar-refractivity contribution is 0.0697. The van der Waals surface area contributed by atoms with Crippen molar-refractivity contribution in [1.29, 1.82) is 0 Å². The number of carbonyl (C=O) groups is 1. The van der Waals surface area contributed by atoms with E-state index in [0.717, 1.165) is 11.3 Å². The molecule has 0 bridgehead atoms. The lowest BCUT2D eigenvalue weighted by Crippen LogP contribution is -2.12. The summed E-state index contributed by atoms with van der Waals surface area (Å²) in [7, 11) is 0. The van der Waals surface area contributed by atoms with E-state index < -0.39 is 5.97 Å². The highest BCUT2D eigenvalue weighted by molar-refractivity contribution is 5.92. The molecule has 0 aliphatic rings. The van der Waals surface area contributed by atoms with E-state index in [-0.39, 0.29) is 18.1 Å². The van der Waals surface area contributed by atoms with Crippen molar-refractivity contribution < 1.29 is 15.0 Å². The number of aliphatic hydroxyl groups is 1. The third-order valence-electron chi connectivity index (χ3n) is 2.99. The van der Waals surface area contributed by atoms with Crippen molar-refractivity contribution in [2.75, 3.05) is 6.61 Å². The van der Waals surface area contributed by atoms with Crippen LogP contribution in [0.2, 0.25) is 0 Å². The van der Waals surface area contributed by atoms with Crippen LogP contribution in [0.1, 0.15) is 23.1 Å². The Balaban J connectivity index is 2.48. The van der Waals surface area contributed by atoms with Crippen molar-refractivity contribution in [3.05, 3.63) is 29.6 Å². The molecule has 1 heterocycles. The van der Waals surface area contributed by atoms with Crippen molar-refractivity contribution in [2.45, 2.75) is 20.4 Å². The van der Waals surface area contributed by atoms with Gasteiger partial charge in [0.1, 0.15) is 5.82 Å². The lowest BCUT2D eigenvalue weighted by atomic mass is 10.2. The maximum Gasteiger partial charge on any atom is 0.335 e. The molecular formula is C13H16N2O3. The summed E-state index contributed by atoms with van der Waals surface area (Å²) in [4.78, 5) is 15.3. The first-order valence-corrected chi connectivity index (χ1v) is 5.84. The number of nitrogens with zero attached hydrogens (tertiary/aromatic N) is 2. The third-order valence-corrected chi connectivity index (χ3v) is 2.99. The first-order chi connectivity index (χ1) is 8.52. The fraction of sp³-hybridized carbons (Fsp3) is 0.385. The molecule has 1 aromatic carbocycles. The Hall–Kier alpha value is -1.88. The predicted molar refractivity (Wildman–Crippen MR) is 67.7 cm³/mol. The second kappa shape index (κ2) is 4.78. The van der Waals surface area contributed by atoms with Crippen molar-refractivity contribution >= 4 is 17.0 Å². The third kappa shape index (κ3) is 2.22. The minimum absolute atomic E-state index is 0.117. The van der Waals surface area contributed by atoms with Crippen LogP contribution in [-0.2, 0) is 6.54 Å². The number of aryl methyl sites for hydroxylation is 1. The molecular weight excluding hydrogens is 232 g/mol. The Morgan fingerprint density at radius 3 is 2.83 bits per heavy atom. The van der Waals surface area contributed by atoms with Gasteiger partial charge in [-0.2, -0.15) is 0 Å². The second-order valence-electron chi connectivity index (χ2n) is 4.57. The number of benzene rings is 1. The zero-order valence-electron chi connectivity index (χ0n) is 10.4. The Morgan fingerprint density at radius 1 is 1.50 bits per heavy atom. The molecule has 2 rings (SSSR count). The molecule has 0 spiro atoms. The van der Waals surface area contributed by atoms with E-state index in [9.17, 15) is 4.79 Å². The summed E-state index contributed by atoms with van der Waals surface area (Å²) in [5.41, 5.74) is 1.82. The van der Waals surface area contributed by atoms with Gasteiger partial charge in [-0.1, -0.05) is 6.92 Å². The van der Waals surface area contributed by atoms with Crippen LogP contribution in [0.15, 0.2) is 18.2 Å². The fourth-order valence-corrected chi connectivity index (χ4v) is 1.98. The normalized spacial score (nSPS) is 12.8. The second-order valence-corrected chi connectivity index (χ2v) is 4.57. The zero-order valence-corrected chi connectivity index (χ0v) is 10.4. The van der Waals surface area contributed by atoms with Gasteiger partial charge >= 0.3 is 5.97 Å². The van der Waals surface area contributed by atoms with Crippen molar-refractivity contribution in [3.63, 3.8) is 0 Å². The maximum atomic E-state index is 10.9. The fourth-order valence-electron chi connectivity index (χ4n) is 1.98. The highest BCUT2D eigenvalue weighted by Crippen LogP contribution is 2.19. The van der Waals surface area contributed by atoms with Gasteiger partial charge in [-0.3, -0.25) is 0 Å². The van der Waals surface area contributed by atoms with E-state index in [1.165, 1.54) is 0 Å². The SMILES string of the molecule is Cc1nc2cc(C(=O)O)ccc2n1CC(C)CO. The molecule has 1 unspecified atom stereocenters. The topological polar surface area (TPSA) is 75.3 Å². The highest BCUT2D eigenvalue weighted by Gasteiger charge is 2.12. The van der Waals surface area contributed by atoms with Crippen LogP contribution in [0, 0.1) is 12.8 Å². The van der Waals surface area contributed by atoms with Crippen molar-refractivity contribution in [2.24, 2.45) is 5.92 Å². The smallest absolute Gasteiger partial charge is 0.335 e. The first-order valence-electron chi connectivity index (χ1n) is 5.84. The summed E-state index contributed by atoms with van der Waals surface area (Å²) in [5, 5.41) is 18.0. The summed E-state index contributed by atoms with van der Waals surface area (Å²) in [6.07, 6.45) is 0. The number of aromatic carboxylic acids is 1. The molecule has 5 nitrogen and oxygen atoms in total. The number of aromatic nitrogens is 2. The summed E-state index contributed by atoms with van der Waals surface area (Å²) in [6.45, 7) is 4.62. The van der Waals surface area contributed by atoms with Crippen LogP contribution in [0.3, 0.4) is 0 Å². The van der Waals surface area contributed by atoms with Gasteiger partial charge in [-0.25, -0.2) is 9.78 Å². The number of aliphatic hydroxyl groups excluding tert-OH is 1. The van der Waals surface area contributed by atoms with E-state index in [2.05, 4.69) is 4.98 Å². The first kappa shape index (κ1) is 12.6. The number of hydrogen-bond acceptors (Lipinski definition) is 3. The molecule has 0 aliphatic heterocycles. The van der Waals surface area contributed by atoms with Gasteiger partial charge in [0.2, 0.25) is 0 Å². The Morgan fingerprint density at radius 2 is 2.22 bits per heavy atom. The van der Waals surface area contributed by atoms with Gasteiger partial charge in [0.15, 0.2) is 0 Å². The summed E-state index contributed by atoms with van der Waals surface area (Å²) in [6, 6.07) is 4.92. The van der Waals surface area contributed by atoms with Gasteiger partial charge in [0, 0.05) is 13.2 Å². The molecule has 0 aliphatic carbocycles. The number of fused-ring (bicyclic) bond motifs is 1. The minimum atomic E-state index is -0.951. The number of carboxylic acid groups (broad SMARTS) is 1. The summed E-state index contributed by atoms with van der Waals surface area (Å²) in [5.74, 6) is 0.0147. The number of carboxylic acids is 1. The molecule has 18 heavy (non-hydrogen) atoms. The van der Waals surface area contributed by atoms with Crippen LogP contribution in [-0.4, -0.2) is 32.3 Å². The number of rotatable bonds is 4. The van der Waals surface area contributed by atoms with E-state index in [1.807, 2.05) is 18.4 Å². The van der Waals surface area contributed by atoms with Gasteiger partial charge in [0.05, 0.1) is 16.6 Å². The number of hydrogen-bond donors (Lipinski definition) is 2. The largest absolute Gasteiger partial charge is 0.478 e. The van der Waals surface area contributed by atoms with Crippen LogP contribution < -0.4 is 0 Å². The van der Waals surface area contributed by atoms with E-state index in [4.69, 9.17) is 10.2 Å². The van der Waals surface area contributed by atoms with E-state index >= 15 is 0 Å². The molecule has 0 saturated carbocycles. The summed E-state index contributed by atoms with van der Waals surface area (Å²) >= 11 is 0. The standard InChI is InChI=1S/C13H16N2O3/c1-8(7-16)6-15-9(2)14-11-5-10(13(17)18)3-4-12(11)15/h3-5,8,16H,6-7H2,1-2H3,(H,17,18). The molecule has 1 atom stereocenters. The Labute approximate surface area is 105 Å². The molecule has 0 amide bonds. The van der Waals surface area contributed by atoms with Crippen molar-refractivity contribution in [1.82, 2.24) is 9.55 Å². The van der Waals surface area contributed by atoms with Crippen LogP contribution >= 0.6 is 0 Å². The average molecular weight is 248 g/mol. The van der Waals surface area contributed by atoms with Gasteiger partial charge in [-0.05, 0) is 31.0 Å². The average Bonchev–Trinajstić information content (AvgIpc) is 2.64. The van der Waals surface area contributed by atoms with Gasteiger partial charge in [-0.15, -0.1) is 0 Å². The maximum absolute atomic E-state index is 10.9. The van der Waals surface area contributed by atoms with E-state index in [1.54, 1.807) is 18.2 Å². The number of imidazole rings is 1. The molecule has 1 aromatic heterocycles. The van der Waals surface area contributed by atoms with Gasteiger partial charge in [0.25, 0.3) is 0 Å². The molecule has 2 N–H and O–H groups in total. The molecule has 0 radical (unpaired) electrons. The monoisotopic (exact) mass is 248 g/mol. The highest BCUT2D eigenvalue weighted by atomic mass is 16.4. The van der Waals surface area contributed by atoms with Crippen LogP contribution in [0.5, 0.6) is 0 Å². The molecule has 0 fully saturated rings. The van der Waals surface area contributed by atoms with E-state index in [0.29, 0.717) is 12.1 Å². The van der Waals surface area contributed by atoms with Crippen molar-refractivity contribution in [3.8, 4) is 0 Å². The minimum Gasteiger partial charge on any atom is -0.478 e. The zero-order chi connectivity index (χ0) is 13.3. The Bertz CT molecular complexity index is 589. The van der Waals surface area contributed by atoms with Gasteiger partial charge < -0.3 is 14.8 Å². The predicted octanol–water partition coefficient (Wildman–Crippen LogP) is 1.67. The summed E-state index contributed by atoms with van der Waals surface area (Å²) < 4.78 is 2.00. The van der Waals surface area contributed by atoms with Crippen LogP contribution in [0.4, 0.5) is 0 Å². The molecule has 5 heteroatoms.